The molecule has 1 heterocycles. The number of amides is 1. The quantitative estimate of drug-likeness (QED) is 0.605. The summed E-state index contributed by atoms with van der Waals surface area (Å²) >= 11 is 0. The number of carbonyl (C=O) groups is 1. The summed E-state index contributed by atoms with van der Waals surface area (Å²) in [4.78, 5) is 12.3. The fourth-order valence-corrected chi connectivity index (χ4v) is 3.44. The van der Waals surface area contributed by atoms with Crippen LogP contribution in [0.15, 0.2) is 18.2 Å². The van der Waals surface area contributed by atoms with Crippen LogP contribution in [-0.2, 0) is 11.3 Å². The van der Waals surface area contributed by atoms with Gasteiger partial charge < -0.3 is 20.1 Å². The van der Waals surface area contributed by atoms with Gasteiger partial charge in [0.15, 0.2) is 11.5 Å². The minimum absolute atomic E-state index is 0. The Morgan fingerprint density at radius 3 is 2.71 bits per heavy atom. The maximum absolute atomic E-state index is 12.3. The largest absolute Gasteiger partial charge is 0.493 e. The normalized spacial score (nSPS) is 17.5. The van der Waals surface area contributed by atoms with E-state index in [4.69, 9.17) is 9.47 Å². The third-order valence-electron chi connectivity index (χ3n) is 5.32. The fourth-order valence-electron chi connectivity index (χ4n) is 3.44. The highest BCUT2D eigenvalue weighted by Crippen LogP contribution is 2.28. The Hall–Kier alpha value is -1.46. The minimum Gasteiger partial charge on any atom is -0.493 e. The highest BCUT2D eigenvalue weighted by molar-refractivity contribution is 5.85. The van der Waals surface area contributed by atoms with Gasteiger partial charge in [0, 0.05) is 13.0 Å². The van der Waals surface area contributed by atoms with Crippen molar-refractivity contribution in [2.45, 2.75) is 53.0 Å². The zero-order valence-electron chi connectivity index (χ0n) is 17.8. The zero-order chi connectivity index (χ0) is 19.6. The van der Waals surface area contributed by atoms with Crippen LogP contribution in [0.1, 0.15) is 52.0 Å². The first kappa shape index (κ1) is 24.6. The molecule has 2 rings (SSSR count). The van der Waals surface area contributed by atoms with E-state index in [1.807, 2.05) is 18.2 Å². The smallest absolute Gasteiger partial charge is 0.220 e. The van der Waals surface area contributed by atoms with E-state index < -0.39 is 0 Å². The summed E-state index contributed by atoms with van der Waals surface area (Å²) in [6.07, 6.45) is 4.02. The molecule has 2 unspecified atom stereocenters. The van der Waals surface area contributed by atoms with E-state index in [1.165, 1.54) is 12.8 Å². The Balaban J connectivity index is 0.00000392. The van der Waals surface area contributed by atoms with E-state index in [9.17, 15) is 4.79 Å². The van der Waals surface area contributed by atoms with Gasteiger partial charge in [-0.2, -0.15) is 0 Å². The van der Waals surface area contributed by atoms with Crippen molar-refractivity contribution in [3.05, 3.63) is 23.8 Å². The molecule has 6 heteroatoms. The van der Waals surface area contributed by atoms with Crippen molar-refractivity contribution >= 4 is 18.3 Å². The molecule has 1 saturated heterocycles. The van der Waals surface area contributed by atoms with Gasteiger partial charge >= 0.3 is 0 Å². The van der Waals surface area contributed by atoms with Gasteiger partial charge in [-0.1, -0.05) is 26.8 Å². The third-order valence-corrected chi connectivity index (χ3v) is 5.32. The van der Waals surface area contributed by atoms with Crippen LogP contribution in [0.4, 0.5) is 0 Å². The van der Waals surface area contributed by atoms with Crippen molar-refractivity contribution in [1.29, 1.82) is 0 Å². The summed E-state index contributed by atoms with van der Waals surface area (Å²) in [5, 5.41) is 6.47. The van der Waals surface area contributed by atoms with Crippen LogP contribution in [0, 0.1) is 17.8 Å². The van der Waals surface area contributed by atoms with Gasteiger partial charge in [0.05, 0.1) is 13.7 Å². The van der Waals surface area contributed by atoms with Gasteiger partial charge in [-0.3, -0.25) is 4.79 Å². The molecule has 28 heavy (non-hydrogen) atoms. The lowest BCUT2D eigenvalue weighted by atomic mass is 9.85. The van der Waals surface area contributed by atoms with Gasteiger partial charge in [0.1, 0.15) is 0 Å². The molecule has 1 aromatic carbocycles. The monoisotopic (exact) mass is 412 g/mol. The molecule has 2 N–H and O–H groups in total. The second-order valence-electron chi connectivity index (χ2n) is 8.08. The van der Waals surface area contributed by atoms with Crippen LogP contribution < -0.4 is 20.1 Å². The van der Waals surface area contributed by atoms with Crippen LogP contribution in [0.3, 0.4) is 0 Å². The average Bonchev–Trinajstić information content (AvgIpc) is 2.67. The lowest BCUT2D eigenvalue weighted by molar-refractivity contribution is -0.122. The van der Waals surface area contributed by atoms with E-state index in [1.54, 1.807) is 7.11 Å². The van der Waals surface area contributed by atoms with E-state index in [0.29, 0.717) is 43.1 Å². The standard InChI is InChI=1S/C22H36N2O3.ClH/c1-16(2)9-11-27-20-8-7-18(13-21(20)26-4)14-24-22(25)12-17(3)19-6-5-10-23-15-19;/h7-8,13,16-17,19,23H,5-6,9-12,14-15H2,1-4H3,(H,24,25);1H. The summed E-state index contributed by atoms with van der Waals surface area (Å²) in [7, 11) is 1.65. The van der Waals surface area contributed by atoms with Gasteiger partial charge in [0.2, 0.25) is 5.91 Å². The number of hydrogen-bond acceptors (Lipinski definition) is 4. The lowest BCUT2D eigenvalue weighted by Gasteiger charge is -2.28. The number of halogens is 1. The first-order valence-corrected chi connectivity index (χ1v) is 10.3. The maximum Gasteiger partial charge on any atom is 0.220 e. The number of carbonyl (C=O) groups excluding carboxylic acids is 1. The minimum atomic E-state index is 0. The molecule has 1 aromatic rings. The van der Waals surface area contributed by atoms with Gasteiger partial charge in [-0.15, -0.1) is 12.4 Å². The summed E-state index contributed by atoms with van der Waals surface area (Å²) in [5.74, 6) is 3.20. The van der Waals surface area contributed by atoms with Crippen molar-refractivity contribution in [2.75, 3.05) is 26.8 Å². The van der Waals surface area contributed by atoms with Crippen molar-refractivity contribution < 1.29 is 14.3 Å². The molecule has 0 aliphatic carbocycles. The Kier molecular flexibility index (Phi) is 11.3. The summed E-state index contributed by atoms with van der Waals surface area (Å²) in [5.41, 5.74) is 1.02. The number of nitrogens with one attached hydrogen (secondary N) is 2. The molecule has 0 saturated carbocycles. The van der Waals surface area contributed by atoms with Crippen LogP contribution in [0.25, 0.3) is 0 Å². The molecule has 2 atom stereocenters. The summed E-state index contributed by atoms with van der Waals surface area (Å²) in [6, 6.07) is 5.86. The summed E-state index contributed by atoms with van der Waals surface area (Å²) in [6.45, 7) is 9.87. The highest BCUT2D eigenvalue weighted by Gasteiger charge is 2.21. The van der Waals surface area contributed by atoms with Crippen LogP contribution >= 0.6 is 12.4 Å². The number of ether oxygens (including phenoxy) is 2. The van der Waals surface area contributed by atoms with E-state index in [0.717, 1.165) is 30.8 Å². The molecule has 0 aromatic heterocycles. The van der Waals surface area contributed by atoms with E-state index in [2.05, 4.69) is 31.4 Å². The third kappa shape index (κ3) is 8.27. The second-order valence-corrected chi connectivity index (χ2v) is 8.08. The van der Waals surface area contributed by atoms with Gasteiger partial charge in [0.25, 0.3) is 0 Å². The molecule has 1 fully saturated rings. The first-order valence-electron chi connectivity index (χ1n) is 10.3. The predicted octanol–water partition coefficient (Wildman–Crippen LogP) is 4.18. The van der Waals surface area contributed by atoms with Crippen molar-refractivity contribution in [3.8, 4) is 11.5 Å². The first-order chi connectivity index (χ1) is 13.0. The molecule has 1 amide bonds. The van der Waals surface area contributed by atoms with Crippen molar-refractivity contribution in [3.63, 3.8) is 0 Å². The summed E-state index contributed by atoms with van der Waals surface area (Å²) < 4.78 is 11.3. The number of methoxy groups -OCH3 is 1. The fraction of sp³-hybridized carbons (Fsp3) is 0.682. The Morgan fingerprint density at radius 2 is 2.07 bits per heavy atom. The molecule has 160 valence electrons. The topological polar surface area (TPSA) is 59.6 Å². The van der Waals surface area contributed by atoms with E-state index in [-0.39, 0.29) is 18.3 Å². The molecule has 0 spiro atoms. The maximum atomic E-state index is 12.3. The number of benzene rings is 1. The van der Waals surface area contributed by atoms with Crippen LogP contribution in [-0.4, -0.2) is 32.7 Å². The van der Waals surface area contributed by atoms with Gasteiger partial charge in [-0.05, 0) is 67.8 Å². The molecule has 5 nitrogen and oxygen atoms in total. The Morgan fingerprint density at radius 1 is 1.29 bits per heavy atom. The van der Waals surface area contributed by atoms with Crippen LogP contribution in [0.2, 0.25) is 0 Å². The Labute approximate surface area is 176 Å². The van der Waals surface area contributed by atoms with Crippen LogP contribution in [0.5, 0.6) is 11.5 Å². The number of hydrogen-bond donors (Lipinski definition) is 2. The predicted molar refractivity (Wildman–Crippen MR) is 116 cm³/mol. The lowest BCUT2D eigenvalue weighted by Crippen LogP contribution is -2.35. The number of piperidine rings is 1. The average molecular weight is 413 g/mol. The highest BCUT2D eigenvalue weighted by atomic mass is 35.5. The molecular formula is C22H37ClN2O3. The zero-order valence-corrected chi connectivity index (χ0v) is 18.6. The van der Waals surface area contributed by atoms with Gasteiger partial charge in [-0.25, -0.2) is 0 Å². The van der Waals surface area contributed by atoms with E-state index >= 15 is 0 Å². The second kappa shape index (κ2) is 12.9. The SMILES string of the molecule is COc1cc(CNC(=O)CC(C)C2CCCNC2)ccc1OCCC(C)C.Cl. The Bertz CT molecular complexity index is 589. The molecule has 1 aliphatic rings. The number of rotatable bonds is 10. The van der Waals surface area contributed by atoms with Crippen molar-refractivity contribution in [1.82, 2.24) is 10.6 Å². The molecular weight excluding hydrogens is 376 g/mol. The molecule has 0 bridgehead atoms. The molecule has 1 aliphatic heterocycles. The molecule has 0 radical (unpaired) electrons. The van der Waals surface area contributed by atoms with Crippen molar-refractivity contribution in [2.24, 2.45) is 17.8 Å².